The molecule has 1 fully saturated rings. The van der Waals surface area contributed by atoms with E-state index in [9.17, 15) is 5.11 Å². The van der Waals surface area contributed by atoms with Crippen LogP contribution in [-0.2, 0) is 4.74 Å². The number of hydrogen-bond donors (Lipinski definition) is 1. The summed E-state index contributed by atoms with van der Waals surface area (Å²) in [6, 6.07) is 20.8. The first-order valence-electron chi connectivity index (χ1n) is 8.86. The van der Waals surface area contributed by atoms with Crippen molar-refractivity contribution in [2.75, 3.05) is 26.2 Å². The number of hydrogen-bond acceptors (Lipinski definition) is 3. The summed E-state index contributed by atoms with van der Waals surface area (Å²) in [7, 11) is 0. The maximum absolute atomic E-state index is 9.72. The van der Waals surface area contributed by atoms with E-state index in [-0.39, 0.29) is 12.2 Å². The Hall–Kier alpha value is -1.68. The van der Waals surface area contributed by atoms with Gasteiger partial charge in [0.05, 0.1) is 12.7 Å². The van der Waals surface area contributed by atoms with Gasteiger partial charge in [0.15, 0.2) is 0 Å². The topological polar surface area (TPSA) is 32.7 Å². The van der Waals surface area contributed by atoms with E-state index in [2.05, 4.69) is 53.4 Å². The molecule has 3 heteroatoms. The number of rotatable bonds is 7. The van der Waals surface area contributed by atoms with Crippen LogP contribution in [0.25, 0.3) is 0 Å². The SMILES string of the molecule is CC(O)C1CCN(CCOC(c2ccccc2)c2ccccc2)C1. The highest BCUT2D eigenvalue weighted by atomic mass is 16.5. The summed E-state index contributed by atoms with van der Waals surface area (Å²) in [5.41, 5.74) is 2.37. The Kier molecular flexibility index (Phi) is 6.02. The highest BCUT2D eigenvalue weighted by Crippen LogP contribution is 2.26. The number of benzene rings is 2. The molecule has 24 heavy (non-hydrogen) atoms. The lowest BCUT2D eigenvalue weighted by molar-refractivity contribution is 0.0611. The van der Waals surface area contributed by atoms with Crippen molar-refractivity contribution >= 4 is 0 Å². The maximum Gasteiger partial charge on any atom is 0.108 e. The van der Waals surface area contributed by atoms with Crippen LogP contribution in [0.15, 0.2) is 60.7 Å². The fourth-order valence-electron chi connectivity index (χ4n) is 3.40. The highest BCUT2D eigenvalue weighted by Gasteiger charge is 2.25. The van der Waals surface area contributed by atoms with Gasteiger partial charge < -0.3 is 14.7 Å². The molecule has 3 rings (SSSR count). The predicted molar refractivity (Wildman–Crippen MR) is 96.9 cm³/mol. The van der Waals surface area contributed by atoms with Crippen LogP contribution in [0.3, 0.4) is 0 Å². The molecule has 0 aromatic heterocycles. The number of likely N-dealkylation sites (tertiary alicyclic amines) is 1. The van der Waals surface area contributed by atoms with Crippen molar-refractivity contribution in [1.29, 1.82) is 0 Å². The van der Waals surface area contributed by atoms with E-state index in [0.717, 1.165) is 26.1 Å². The van der Waals surface area contributed by atoms with Crippen molar-refractivity contribution in [3.63, 3.8) is 0 Å². The quantitative estimate of drug-likeness (QED) is 0.846. The maximum atomic E-state index is 9.72. The molecule has 0 amide bonds. The second-order valence-electron chi connectivity index (χ2n) is 6.66. The van der Waals surface area contributed by atoms with Gasteiger partial charge in [0.1, 0.15) is 6.10 Å². The van der Waals surface area contributed by atoms with Crippen molar-refractivity contribution in [2.45, 2.75) is 25.6 Å². The summed E-state index contributed by atoms with van der Waals surface area (Å²) in [6.45, 7) is 5.54. The molecule has 1 heterocycles. The number of aliphatic hydroxyl groups excluding tert-OH is 1. The zero-order valence-corrected chi connectivity index (χ0v) is 14.3. The van der Waals surface area contributed by atoms with E-state index in [1.165, 1.54) is 11.1 Å². The average molecular weight is 325 g/mol. The van der Waals surface area contributed by atoms with E-state index < -0.39 is 0 Å². The van der Waals surface area contributed by atoms with E-state index in [4.69, 9.17) is 4.74 Å². The molecule has 1 aliphatic rings. The van der Waals surface area contributed by atoms with Crippen molar-refractivity contribution in [3.8, 4) is 0 Å². The molecule has 1 saturated heterocycles. The van der Waals surface area contributed by atoms with Crippen molar-refractivity contribution < 1.29 is 9.84 Å². The van der Waals surface area contributed by atoms with Gasteiger partial charge in [-0.1, -0.05) is 60.7 Å². The van der Waals surface area contributed by atoms with Crippen LogP contribution >= 0.6 is 0 Å². The molecule has 2 unspecified atom stereocenters. The van der Waals surface area contributed by atoms with E-state index >= 15 is 0 Å². The molecule has 2 atom stereocenters. The lowest BCUT2D eigenvalue weighted by Gasteiger charge is -2.22. The van der Waals surface area contributed by atoms with Crippen LogP contribution in [0, 0.1) is 5.92 Å². The van der Waals surface area contributed by atoms with Crippen LogP contribution < -0.4 is 0 Å². The normalized spacial score (nSPS) is 19.7. The van der Waals surface area contributed by atoms with Crippen LogP contribution in [-0.4, -0.2) is 42.4 Å². The smallest absolute Gasteiger partial charge is 0.108 e. The van der Waals surface area contributed by atoms with Gasteiger partial charge >= 0.3 is 0 Å². The largest absolute Gasteiger partial charge is 0.393 e. The molecule has 2 aromatic carbocycles. The van der Waals surface area contributed by atoms with Crippen LogP contribution in [0.2, 0.25) is 0 Å². The van der Waals surface area contributed by atoms with E-state index in [1.807, 2.05) is 19.1 Å². The van der Waals surface area contributed by atoms with Gasteiger partial charge in [-0.05, 0) is 36.9 Å². The Balaban J connectivity index is 1.59. The minimum Gasteiger partial charge on any atom is -0.393 e. The van der Waals surface area contributed by atoms with Gasteiger partial charge in [0.25, 0.3) is 0 Å². The fraction of sp³-hybridized carbons (Fsp3) is 0.429. The standard InChI is InChI=1S/C21H27NO2/c1-17(23)20-12-13-22(16-20)14-15-24-21(18-8-4-2-5-9-18)19-10-6-3-7-11-19/h2-11,17,20-21,23H,12-16H2,1H3. The van der Waals surface area contributed by atoms with Gasteiger partial charge in [0, 0.05) is 13.1 Å². The Bertz CT molecular complexity index is 560. The molecule has 0 radical (unpaired) electrons. The summed E-state index contributed by atoms with van der Waals surface area (Å²) < 4.78 is 6.27. The lowest BCUT2D eigenvalue weighted by Crippen LogP contribution is -2.28. The first kappa shape index (κ1) is 17.2. The number of nitrogens with zero attached hydrogens (tertiary/aromatic N) is 1. The van der Waals surface area contributed by atoms with Gasteiger partial charge in [-0.25, -0.2) is 0 Å². The summed E-state index contributed by atoms with van der Waals surface area (Å²) in [5.74, 6) is 0.407. The zero-order valence-electron chi connectivity index (χ0n) is 14.3. The van der Waals surface area contributed by atoms with Gasteiger partial charge in [-0.3, -0.25) is 0 Å². The first-order valence-corrected chi connectivity index (χ1v) is 8.86. The molecule has 0 aliphatic carbocycles. The Morgan fingerprint density at radius 1 is 1.04 bits per heavy atom. The molecule has 0 bridgehead atoms. The third kappa shape index (κ3) is 4.44. The third-order valence-electron chi connectivity index (χ3n) is 4.89. The van der Waals surface area contributed by atoms with Crippen molar-refractivity contribution in [1.82, 2.24) is 4.90 Å². The zero-order chi connectivity index (χ0) is 16.8. The first-order chi connectivity index (χ1) is 11.7. The predicted octanol–water partition coefficient (Wildman–Crippen LogP) is 3.50. The Morgan fingerprint density at radius 2 is 1.62 bits per heavy atom. The summed E-state index contributed by atoms with van der Waals surface area (Å²) in [5, 5.41) is 9.72. The van der Waals surface area contributed by atoms with E-state index in [1.54, 1.807) is 0 Å². The van der Waals surface area contributed by atoms with Gasteiger partial charge in [0.2, 0.25) is 0 Å². The third-order valence-corrected chi connectivity index (χ3v) is 4.89. The van der Waals surface area contributed by atoms with Crippen LogP contribution in [0.1, 0.15) is 30.6 Å². The van der Waals surface area contributed by atoms with Crippen molar-refractivity contribution in [3.05, 3.63) is 71.8 Å². The van der Waals surface area contributed by atoms with Crippen LogP contribution in [0.5, 0.6) is 0 Å². The number of aliphatic hydroxyl groups is 1. The van der Waals surface area contributed by atoms with Crippen LogP contribution in [0.4, 0.5) is 0 Å². The molecule has 0 saturated carbocycles. The molecule has 2 aromatic rings. The molecule has 3 nitrogen and oxygen atoms in total. The number of ether oxygens (including phenoxy) is 1. The second-order valence-corrected chi connectivity index (χ2v) is 6.66. The molecule has 1 aliphatic heterocycles. The highest BCUT2D eigenvalue weighted by molar-refractivity contribution is 5.29. The lowest BCUT2D eigenvalue weighted by atomic mass is 10.0. The van der Waals surface area contributed by atoms with Gasteiger partial charge in [-0.2, -0.15) is 0 Å². The van der Waals surface area contributed by atoms with Gasteiger partial charge in [-0.15, -0.1) is 0 Å². The minimum absolute atomic E-state index is 0.0254. The molecule has 1 N–H and O–H groups in total. The van der Waals surface area contributed by atoms with E-state index in [0.29, 0.717) is 12.5 Å². The minimum atomic E-state index is -0.211. The second kappa shape index (κ2) is 8.43. The molecule has 0 spiro atoms. The summed E-state index contributed by atoms with van der Waals surface area (Å²) in [4.78, 5) is 2.39. The average Bonchev–Trinajstić information content (AvgIpc) is 3.09. The fourth-order valence-corrected chi connectivity index (χ4v) is 3.40. The Labute approximate surface area is 144 Å². The molecule has 128 valence electrons. The molecular weight excluding hydrogens is 298 g/mol. The summed E-state index contributed by atoms with van der Waals surface area (Å²) in [6.07, 6.45) is 0.846. The van der Waals surface area contributed by atoms with Crippen molar-refractivity contribution in [2.24, 2.45) is 5.92 Å². The Morgan fingerprint density at radius 3 is 2.12 bits per heavy atom. The summed E-state index contributed by atoms with van der Waals surface area (Å²) >= 11 is 0. The molecular formula is C21H27NO2. The monoisotopic (exact) mass is 325 g/mol.